The zero-order valence-electron chi connectivity index (χ0n) is 11.5. The lowest BCUT2D eigenvalue weighted by Crippen LogP contribution is -2.44. The monoisotopic (exact) mass is 340 g/mol. The fourth-order valence-corrected chi connectivity index (χ4v) is 1.67. The molecule has 1 aromatic carbocycles. The van der Waals surface area contributed by atoms with Crippen molar-refractivity contribution in [1.82, 2.24) is 10.2 Å². The second-order valence-corrected chi connectivity index (χ2v) is 4.55. The summed E-state index contributed by atoms with van der Waals surface area (Å²) in [6.45, 7) is -1.58. The number of nitrogens with zero attached hydrogens (tertiary/aromatic N) is 1. The minimum Gasteiger partial charge on any atom is -0.504 e. The van der Waals surface area contributed by atoms with Crippen LogP contribution >= 0.6 is 11.6 Å². The van der Waals surface area contributed by atoms with Crippen LogP contribution in [0.4, 0.5) is 18.0 Å². The van der Waals surface area contributed by atoms with Gasteiger partial charge in [-0.1, -0.05) is 11.6 Å². The highest BCUT2D eigenvalue weighted by Crippen LogP contribution is 2.32. The van der Waals surface area contributed by atoms with Crippen LogP contribution in [0.15, 0.2) is 12.1 Å². The highest BCUT2D eigenvalue weighted by molar-refractivity contribution is 6.34. The molecule has 0 bridgehead atoms. The summed E-state index contributed by atoms with van der Waals surface area (Å²) in [5.74, 6) is -1.38. The summed E-state index contributed by atoms with van der Waals surface area (Å²) < 4.78 is 40.8. The maximum absolute atomic E-state index is 12.0. The molecular formula is C12H12ClF3N2O4. The summed E-state index contributed by atoms with van der Waals surface area (Å²) in [5, 5.41) is 11.0. The molecule has 6 nitrogen and oxygen atoms in total. The Kier molecular flexibility index (Phi) is 5.48. The molecule has 0 heterocycles. The largest absolute Gasteiger partial charge is 0.504 e. The number of benzene rings is 1. The highest BCUT2D eigenvalue weighted by Gasteiger charge is 2.30. The van der Waals surface area contributed by atoms with E-state index < -0.39 is 30.4 Å². The number of urea groups is 1. The van der Waals surface area contributed by atoms with Crippen LogP contribution in [0.25, 0.3) is 0 Å². The molecule has 0 fully saturated rings. The maximum Gasteiger partial charge on any atom is 0.405 e. The van der Waals surface area contributed by atoms with Gasteiger partial charge in [-0.25, -0.2) is 4.79 Å². The second-order valence-electron chi connectivity index (χ2n) is 4.14. The summed E-state index contributed by atoms with van der Waals surface area (Å²) in [6.07, 6.45) is -4.60. The zero-order chi connectivity index (χ0) is 17.1. The molecule has 3 amide bonds. The van der Waals surface area contributed by atoms with Crippen molar-refractivity contribution < 1.29 is 32.6 Å². The third-order valence-electron chi connectivity index (χ3n) is 2.55. The topological polar surface area (TPSA) is 78.9 Å². The lowest BCUT2D eigenvalue weighted by atomic mass is 10.1. The van der Waals surface area contributed by atoms with E-state index in [9.17, 15) is 27.9 Å². The molecule has 0 saturated heterocycles. The number of carbonyl (C=O) groups is 2. The van der Waals surface area contributed by atoms with Gasteiger partial charge in [0.05, 0.1) is 17.7 Å². The quantitative estimate of drug-likeness (QED) is 0.885. The molecule has 0 spiro atoms. The number of hydrogen-bond donors (Lipinski definition) is 2. The van der Waals surface area contributed by atoms with Gasteiger partial charge in [0.25, 0.3) is 5.91 Å². The first-order chi connectivity index (χ1) is 10.1. The molecule has 0 aromatic heterocycles. The Morgan fingerprint density at radius 2 is 2.00 bits per heavy atom. The first kappa shape index (κ1) is 17.9. The van der Waals surface area contributed by atoms with Crippen molar-refractivity contribution in [3.05, 3.63) is 22.7 Å². The third-order valence-corrected chi connectivity index (χ3v) is 2.86. The van der Waals surface area contributed by atoms with Crippen molar-refractivity contribution in [1.29, 1.82) is 0 Å². The Balaban J connectivity index is 2.91. The molecule has 0 aliphatic heterocycles. The summed E-state index contributed by atoms with van der Waals surface area (Å²) in [7, 11) is 2.25. The maximum atomic E-state index is 12.0. The summed E-state index contributed by atoms with van der Waals surface area (Å²) in [6, 6.07) is 0.844. The SMILES string of the molecule is COc1cc(Cl)c(C(=O)N(C)C(=O)NCC(F)(F)F)cc1O. The molecule has 0 unspecified atom stereocenters. The highest BCUT2D eigenvalue weighted by atomic mass is 35.5. The van der Waals surface area contributed by atoms with Gasteiger partial charge < -0.3 is 15.2 Å². The van der Waals surface area contributed by atoms with E-state index in [0.717, 1.165) is 19.2 Å². The van der Waals surface area contributed by atoms with Gasteiger partial charge in [-0.15, -0.1) is 0 Å². The van der Waals surface area contributed by atoms with Gasteiger partial charge in [-0.05, 0) is 6.07 Å². The van der Waals surface area contributed by atoms with E-state index in [0.29, 0.717) is 4.90 Å². The number of nitrogens with one attached hydrogen (secondary N) is 1. The molecular weight excluding hydrogens is 329 g/mol. The number of phenolic OH excluding ortho intramolecular Hbond substituents is 1. The molecule has 122 valence electrons. The number of amides is 3. The molecule has 22 heavy (non-hydrogen) atoms. The summed E-state index contributed by atoms with van der Waals surface area (Å²) >= 11 is 5.82. The number of imide groups is 1. The van der Waals surface area contributed by atoms with E-state index in [1.165, 1.54) is 7.11 Å². The predicted octanol–water partition coefficient (Wildman–Crippen LogP) is 2.40. The van der Waals surface area contributed by atoms with Gasteiger partial charge in [-0.3, -0.25) is 9.69 Å². The number of alkyl halides is 3. The lowest BCUT2D eigenvalue weighted by molar-refractivity contribution is -0.123. The van der Waals surface area contributed by atoms with Crippen molar-refractivity contribution in [2.24, 2.45) is 0 Å². The molecule has 2 N–H and O–H groups in total. The van der Waals surface area contributed by atoms with Gasteiger partial charge in [0.1, 0.15) is 6.54 Å². The Bertz CT molecular complexity index is 592. The Hall–Kier alpha value is -2.16. The standard InChI is InChI=1S/C12H12ClF3N2O4/c1-18(11(21)17-5-12(14,15)16)10(20)6-3-8(19)9(22-2)4-7(6)13/h3-4,19H,5H2,1-2H3,(H,17,21). The number of aromatic hydroxyl groups is 1. The zero-order valence-corrected chi connectivity index (χ0v) is 12.2. The molecule has 0 aliphatic rings. The number of rotatable bonds is 3. The van der Waals surface area contributed by atoms with Crippen LogP contribution in [0.1, 0.15) is 10.4 Å². The van der Waals surface area contributed by atoms with Crippen LogP contribution in [0.2, 0.25) is 5.02 Å². The fraction of sp³-hybridized carbons (Fsp3) is 0.333. The Labute approximate surface area is 128 Å². The molecule has 0 atom stereocenters. The number of ether oxygens (including phenoxy) is 1. The minimum atomic E-state index is -4.60. The van der Waals surface area contributed by atoms with Gasteiger partial charge >= 0.3 is 12.2 Å². The van der Waals surface area contributed by atoms with Crippen LogP contribution in [0, 0.1) is 0 Å². The van der Waals surface area contributed by atoms with Gasteiger partial charge in [0.2, 0.25) is 0 Å². The lowest BCUT2D eigenvalue weighted by Gasteiger charge is -2.18. The van der Waals surface area contributed by atoms with Crippen molar-refractivity contribution in [3.63, 3.8) is 0 Å². The number of halogens is 4. The van der Waals surface area contributed by atoms with E-state index in [4.69, 9.17) is 16.3 Å². The first-order valence-electron chi connectivity index (χ1n) is 5.76. The van der Waals surface area contributed by atoms with Crippen LogP contribution in [0.5, 0.6) is 11.5 Å². The van der Waals surface area contributed by atoms with E-state index >= 15 is 0 Å². The third kappa shape index (κ3) is 4.42. The molecule has 0 radical (unpaired) electrons. The molecule has 1 rings (SSSR count). The second kappa shape index (κ2) is 6.73. The number of hydrogen-bond acceptors (Lipinski definition) is 4. The average Bonchev–Trinajstić information content (AvgIpc) is 2.44. The van der Waals surface area contributed by atoms with Crippen molar-refractivity contribution in [2.45, 2.75) is 6.18 Å². The summed E-state index contributed by atoms with van der Waals surface area (Å²) in [4.78, 5) is 23.9. The number of carbonyl (C=O) groups excluding carboxylic acids is 2. The average molecular weight is 341 g/mol. The smallest absolute Gasteiger partial charge is 0.405 e. The normalized spacial score (nSPS) is 11.0. The van der Waals surface area contributed by atoms with E-state index in [2.05, 4.69) is 0 Å². The molecule has 0 aliphatic carbocycles. The fourth-order valence-electron chi connectivity index (χ4n) is 1.44. The van der Waals surface area contributed by atoms with Gasteiger partial charge in [0.15, 0.2) is 11.5 Å². The Morgan fingerprint density at radius 1 is 1.41 bits per heavy atom. The molecule has 1 aromatic rings. The van der Waals surface area contributed by atoms with Crippen LogP contribution in [-0.4, -0.2) is 48.8 Å². The van der Waals surface area contributed by atoms with Gasteiger partial charge in [0, 0.05) is 13.1 Å². The molecule has 0 saturated carbocycles. The van der Waals surface area contributed by atoms with Crippen LogP contribution in [0.3, 0.4) is 0 Å². The van der Waals surface area contributed by atoms with E-state index in [1.54, 1.807) is 5.32 Å². The van der Waals surface area contributed by atoms with E-state index in [1.807, 2.05) is 0 Å². The first-order valence-corrected chi connectivity index (χ1v) is 6.13. The van der Waals surface area contributed by atoms with E-state index in [-0.39, 0.29) is 16.3 Å². The Morgan fingerprint density at radius 3 is 2.50 bits per heavy atom. The van der Waals surface area contributed by atoms with Crippen molar-refractivity contribution >= 4 is 23.5 Å². The summed E-state index contributed by atoms with van der Waals surface area (Å²) in [5.41, 5.74) is -0.260. The van der Waals surface area contributed by atoms with Crippen LogP contribution in [-0.2, 0) is 0 Å². The van der Waals surface area contributed by atoms with Gasteiger partial charge in [-0.2, -0.15) is 13.2 Å². The minimum absolute atomic E-state index is 0.00530. The molecule has 10 heteroatoms. The van der Waals surface area contributed by atoms with Crippen LogP contribution < -0.4 is 10.1 Å². The van der Waals surface area contributed by atoms with Crippen molar-refractivity contribution in [2.75, 3.05) is 20.7 Å². The van der Waals surface area contributed by atoms with Crippen molar-refractivity contribution in [3.8, 4) is 11.5 Å². The number of phenols is 1. The number of methoxy groups -OCH3 is 1. The predicted molar refractivity (Wildman–Crippen MR) is 71.2 cm³/mol.